The fraction of sp³-hybridized carbons (Fsp3) is 0.143. The van der Waals surface area contributed by atoms with Gasteiger partial charge in [-0.2, -0.15) is 8.78 Å². The minimum atomic E-state index is -2.95. The topological polar surface area (TPSA) is 71.2 Å². The number of amides is 1. The second kappa shape index (κ2) is 6.65. The van der Waals surface area contributed by atoms with Crippen molar-refractivity contribution < 1.29 is 18.3 Å². The standard InChI is InChI=1S/C14H12F2N2O3/c15-14(16)21-12-4-2-1-3-9(12)7-18-13(20)10-8-17-6-5-11(10)19/h1-6,8,14H,7H2,(H,17,19)(H,18,20). The third-order valence-corrected chi connectivity index (χ3v) is 2.70. The molecule has 110 valence electrons. The fourth-order valence-corrected chi connectivity index (χ4v) is 1.73. The maximum absolute atomic E-state index is 12.3. The number of carbonyl (C=O) groups is 1. The van der Waals surface area contributed by atoms with Gasteiger partial charge in [-0.15, -0.1) is 0 Å². The zero-order valence-electron chi connectivity index (χ0n) is 10.8. The highest BCUT2D eigenvalue weighted by Gasteiger charge is 2.12. The van der Waals surface area contributed by atoms with E-state index in [2.05, 4.69) is 15.0 Å². The lowest BCUT2D eigenvalue weighted by Crippen LogP contribution is -2.28. The Labute approximate surface area is 118 Å². The van der Waals surface area contributed by atoms with Gasteiger partial charge < -0.3 is 15.0 Å². The van der Waals surface area contributed by atoms with Gasteiger partial charge in [0.1, 0.15) is 11.3 Å². The number of halogens is 2. The highest BCUT2D eigenvalue weighted by Crippen LogP contribution is 2.19. The van der Waals surface area contributed by atoms with Crippen LogP contribution < -0.4 is 15.5 Å². The summed E-state index contributed by atoms with van der Waals surface area (Å²) in [7, 11) is 0. The van der Waals surface area contributed by atoms with Crippen LogP contribution in [-0.4, -0.2) is 17.5 Å². The number of benzene rings is 1. The van der Waals surface area contributed by atoms with Gasteiger partial charge >= 0.3 is 6.61 Å². The van der Waals surface area contributed by atoms with E-state index in [1.165, 1.54) is 24.5 Å². The van der Waals surface area contributed by atoms with Crippen LogP contribution in [0, 0.1) is 0 Å². The van der Waals surface area contributed by atoms with Gasteiger partial charge in [-0.3, -0.25) is 9.59 Å². The third kappa shape index (κ3) is 3.88. The van der Waals surface area contributed by atoms with Crippen LogP contribution >= 0.6 is 0 Å². The average Bonchev–Trinajstić information content (AvgIpc) is 2.46. The molecule has 1 aromatic carbocycles. The molecule has 21 heavy (non-hydrogen) atoms. The number of nitrogens with one attached hydrogen (secondary N) is 2. The van der Waals surface area contributed by atoms with Crippen molar-refractivity contribution in [2.24, 2.45) is 0 Å². The molecule has 0 aliphatic heterocycles. The Bertz CT molecular complexity index is 686. The van der Waals surface area contributed by atoms with E-state index < -0.39 is 17.9 Å². The van der Waals surface area contributed by atoms with Crippen molar-refractivity contribution in [2.45, 2.75) is 13.2 Å². The minimum absolute atomic E-state index is 0.0187. The zero-order chi connectivity index (χ0) is 15.2. The van der Waals surface area contributed by atoms with E-state index in [9.17, 15) is 18.4 Å². The normalized spacial score (nSPS) is 10.4. The van der Waals surface area contributed by atoms with Gasteiger partial charge in [0.2, 0.25) is 0 Å². The zero-order valence-corrected chi connectivity index (χ0v) is 10.8. The summed E-state index contributed by atoms with van der Waals surface area (Å²) in [6.07, 6.45) is 2.68. The Balaban J connectivity index is 2.08. The first-order chi connectivity index (χ1) is 10.1. The number of carbonyl (C=O) groups excluding carboxylic acids is 1. The first-order valence-electron chi connectivity index (χ1n) is 6.06. The molecular formula is C14H12F2N2O3. The smallest absolute Gasteiger partial charge is 0.387 e. The van der Waals surface area contributed by atoms with E-state index in [0.29, 0.717) is 5.56 Å². The van der Waals surface area contributed by atoms with E-state index >= 15 is 0 Å². The van der Waals surface area contributed by atoms with Crippen LogP contribution in [0.3, 0.4) is 0 Å². The molecule has 0 atom stereocenters. The predicted molar refractivity (Wildman–Crippen MR) is 71.3 cm³/mol. The molecule has 0 fully saturated rings. The number of para-hydroxylation sites is 1. The van der Waals surface area contributed by atoms with Gasteiger partial charge in [0.05, 0.1) is 0 Å². The van der Waals surface area contributed by atoms with Crippen molar-refractivity contribution in [3.8, 4) is 5.75 Å². The number of aromatic nitrogens is 1. The molecule has 0 radical (unpaired) electrons. The molecule has 1 amide bonds. The number of hydrogen-bond donors (Lipinski definition) is 2. The summed E-state index contributed by atoms with van der Waals surface area (Å²) in [5.74, 6) is -0.613. The van der Waals surface area contributed by atoms with Crippen LogP contribution in [0.4, 0.5) is 8.78 Å². The summed E-state index contributed by atoms with van der Waals surface area (Å²) in [6.45, 7) is -2.98. The molecule has 2 N–H and O–H groups in total. The van der Waals surface area contributed by atoms with Crippen molar-refractivity contribution >= 4 is 5.91 Å². The van der Waals surface area contributed by atoms with Gasteiger partial charge in [-0.1, -0.05) is 18.2 Å². The largest absolute Gasteiger partial charge is 0.434 e. The van der Waals surface area contributed by atoms with Gasteiger partial charge in [-0.25, -0.2) is 0 Å². The maximum atomic E-state index is 12.3. The van der Waals surface area contributed by atoms with Gasteiger partial charge in [0.25, 0.3) is 5.91 Å². The lowest BCUT2D eigenvalue weighted by atomic mass is 10.2. The average molecular weight is 294 g/mol. The number of hydrogen-bond acceptors (Lipinski definition) is 3. The molecule has 0 saturated heterocycles. The van der Waals surface area contributed by atoms with Crippen molar-refractivity contribution in [3.63, 3.8) is 0 Å². The molecule has 0 bridgehead atoms. The van der Waals surface area contributed by atoms with Gasteiger partial charge in [0.15, 0.2) is 5.43 Å². The van der Waals surface area contributed by atoms with Crippen LogP contribution in [0.5, 0.6) is 5.75 Å². The van der Waals surface area contributed by atoms with Crippen molar-refractivity contribution in [1.29, 1.82) is 0 Å². The Kier molecular flexibility index (Phi) is 4.65. The molecule has 0 spiro atoms. The number of H-pyrrole nitrogens is 1. The molecule has 0 aliphatic carbocycles. The first kappa shape index (κ1) is 14.7. The summed E-state index contributed by atoms with van der Waals surface area (Å²) >= 11 is 0. The molecule has 7 heteroatoms. The van der Waals surface area contributed by atoms with E-state index in [4.69, 9.17) is 0 Å². The number of rotatable bonds is 5. The van der Waals surface area contributed by atoms with Crippen LogP contribution in [0.25, 0.3) is 0 Å². The Morgan fingerprint density at radius 3 is 2.76 bits per heavy atom. The molecule has 1 aromatic heterocycles. The van der Waals surface area contributed by atoms with Crippen molar-refractivity contribution in [2.75, 3.05) is 0 Å². The second-order valence-electron chi connectivity index (χ2n) is 4.09. The van der Waals surface area contributed by atoms with Gasteiger partial charge in [0, 0.05) is 30.6 Å². The Morgan fingerprint density at radius 2 is 2.05 bits per heavy atom. The highest BCUT2D eigenvalue weighted by molar-refractivity contribution is 5.93. The predicted octanol–water partition coefficient (Wildman–Crippen LogP) is 1.91. The maximum Gasteiger partial charge on any atom is 0.387 e. The van der Waals surface area contributed by atoms with Crippen molar-refractivity contribution in [3.05, 3.63) is 64.1 Å². The lowest BCUT2D eigenvalue weighted by Gasteiger charge is -2.11. The first-order valence-corrected chi connectivity index (χ1v) is 6.06. The second-order valence-corrected chi connectivity index (χ2v) is 4.09. The summed E-state index contributed by atoms with van der Waals surface area (Å²) in [5.41, 5.74) is -0.0911. The molecule has 1 heterocycles. The van der Waals surface area contributed by atoms with Crippen LogP contribution in [0.15, 0.2) is 47.5 Å². The summed E-state index contributed by atoms with van der Waals surface area (Å²) in [5, 5.41) is 2.49. The molecule has 0 aliphatic rings. The SMILES string of the molecule is O=C(NCc1ccccc1OC(F)F)c1c[nH]ccc1=O. The van der Waals surface area contributed by atoms with Crippen molar-refractivity contribution in [1.82, 2.24) is 10.3 Å². The van der Waals surface area contributed by atoms with Crippen LogP contribution in [0.2, 0.25) is 0 Å². The number of aromatic amines is 1. The minimum Gasteiger partial charge on any atom is -0.434 e. The monoisotopic (exact) mass is 294 g/mol. The van der Waals surface area contributed by atoms with Gasteiger partial charge in [-0.05, 0) is 6.07 Å². The molecule has 5 nitrogen and oxygen atoms in total. The van der Waals surface area contributed by atoms with E-state index in [0.717, 1.165) is 0 Å². The van der Waals surface area contributed by atoms with Crippen LogP contribution in [-0.2, 0) is 6.54 Å². The van der Waals surface area contributed by atoms with E-state index in [-0.39, 0.29) is 17.9 Å². The van der Waals surface area contributed by atoms with E-state index in [1.807, 2.05) is 0 Å². The highest BCUT2D eigenvalue weighted by atomic mass is 19.3. The number of pyridine rings is 1. The third-order valence-electron chi connectivity index (χ3n) is 2.70. The Morgan fingerprint density at radius 1 is 1.29 bits per heavy atom. The summed E-state index contributed by atoms with van der Waals surface area (Å²) < 4.78 is 28.9. The molecular weight excluding hydrogens is 282 g/mol. The molecule has 0 saturated carbocycles. The van der Waals surface area contributed by atoms with E-state index in [1.54, 1.807) is 18.2 Å². The summed E-state index contributed by atoms with van der Waals surface area (Å²) in [4.78, 5) is 26.0. The quantitative estimate of drug-likeness (QED) is 0.885. The summed E-state index contributed by atoms with van der Waals surface area (Å²) in [6, 6.07) is 7.33. The Hall–Kier alpha value is -2.70. The fourth-order valence-electron chi connectivity index (χ4n) is 1.73. The number of ether oxygens (including phenoxy) is 1. The van der Waals surface area contributed by atoms with Crippen LogP contribution in [0.1, 0.15) is 15.9 Å². The molecule has 2 rings (SSSR count). The number of alkyl halides is 2. The molecule has 0 unspecified atom stereocenters. The lowest BCUT2D eigenvalue weighted by molar-refractivity contribution is -0.0504. The molecule has 2 aromatic rings.